The fraction of sp³-hybridized carbons (Fsp3) is 0.263. The van der Waals surface area contributed by atoms with Gasteiger partial charge in [0.05, 0.1) is 27.9 Å². The number of nitrogens with zero attached hydrogens (tertiary/aromatic N) is 3. The number of carbonyl (C=O) groups is 2. The summed E-state index contributed by atoms with van der Waals surface area (Å²) in [6, 6.07) is 1.83. The van der Waals surface area contributed by atoms with Gasteiger partial charge in [0.1, 0.15) is 9.71 Å². The summed E-state index contributed by atoms with van der Waals surface area (Å²) in [5, 5.41) is 13.0. The Hall–Kier alpha value is -3.81. The van der Waals surface area contributed by atoms with Gasteiger partial charge in [-0.2, -0.15) is 13.2 Å². The van der Waals surface area contributed by atoms with Crippen LogP contribution >= 0.6 is 11.3 Å². The van der Waals surface area contributed by atoms with E-state index in [9.17, 15) is 37.7 Å². The maximum atomic E-state index is 13.3. The van der Waals surface area contributed by atoms with Gasteiger partial charge in [0.25, 0.3) is 17.2 Å². The van der Waals surface area contributed by atoms with Crippen molar-refractivity contribution >= 4 is 44.8 Å². The van der Waals surface area contributed by atoms with Crippen molar-refractivity contribution in [1.82, 2.24) is 9.55 Å². The van der Waals surface area contributed by atoms with E-state index in [4.69, 9.17) is 4.74 Å². The van der Waals surface area contributed by atoms with Crippen LogP contribution in [0.2, 0.25) is 0 Å². The summed E-state index contributed by atoms with van der Waals surface area (Å²) in [4.78, 5) is 51.4. The summed E-state index contributed by atoms with van der Waals surface area (Å²) in [5.74, 6) is -2.05. The number of hydrogen-bond acceptors (Lipinski definition) is 8. The summed E-state index contributed by atoms with van der Waals surface area (Å²) >= 11 is 0.879. The number of thiophene rings is 1. The number of fused-ring (bicyclic) bond motifs is 1. The Morgan fingerprint density at radius 3 is 2.61 bits per heavy atom. The zero-order chi connectivity index (χ0) is 24.7. The number of nitrogens with one attached hydrogen (secondary N) is 1. The molecule has 1 N–H and O–H groups in total. The first kappa shape index (κ1) is 23.8. The molecule has 0 aliphatic carbocycles. The predicted molar refractivity (Wildman–Crippen MR) is 111 cm³/mol. The zero-order valence-electron chi connectivity index (χ0n) is 17.2. The van der Waals surface area contributed by atoms with Gasteiger partial charge in [-0.25, -0.2) is 9.78 Å². The molecule has 33 heavy (non-hydrogen) atoms. The summed E-state index contributed by atoms with van der Waals surface area (Å²) in [7, 11) is 1.49. The highest BCUT2D eigenvalue weighted by Gasteiger charge is 2.36. The van der Waals surface area contributed by atoms with Gasteiger partial charge in [-0.1, -0.05) is 0 Å². The fourth-order valence-electron chi connectivity index (χ4n) is 2.89. The highest BCUT2D eigenvalue weighted by molar-refractivity contribution is 7.20. The van der Waals surface area contributed by atoms with Crippen molar-refractivity contribution in [1.29, 1.82) is 0 Å². The predicted octanol–water partition coefficient (Wildman–Crippen LogP) is 3.41. The van der Waals surface area contributed by atoms with Crippen LogP contribution in [-0.4, -0.2) is 32.5 Å². The second-order valence-electron chi connectivity index (χ2n) is 6.92. The summed E-state index contributed by atoms with van der Waals surface area (Å²) in [6.07, 6.45) is -5.22. The van der Waals surface area contributed by atoms with Crippen LogP contribution in [0.4, 0.5) is 24.5 Å². The van der Waals surface area contributed by atoms with Gasteiger partial charge in [0, 0.05) is 19.2 Å². The van der Waals surface area contributed by atoms with E-state index in [0.717, 1.165) is 30.4 Å². The topological polar surface area (TPSA) is 133 Å². The average Bonchev–Trinajstić information content (AvgIpc) is 3.07. The Morgan fingerprint density at radius 2 is 2.00 bits per heavy atom. The number of alkyl halides is 3. The first-order valence-corrected chi connectivity index (χ1v) is 9.95. The summed E-state index contributed by atoms with van der Waals surface area (Å²) in [6.45, 7) is 2.65. The molecular weight excluding hydrogens is 469 g/mol. The third-order valence-corrected chi connectivity index (χ3v) is 5.81. The van der Waals surface area contributed by atoms with Crippen molar-refractivity contribution < 1.29 is 32.4 Å². The Bertz CT molecular complexity index is 1350. The quantitative estimate of drug-likeness (QED) is 0.333. The highest BCUT2D eigenvalue weighted by Crippen LogP contribution is 2.37. The van der Waals surface area contributed by atoms with E-state index in [2.05, 4.69) is 4.98 Å². The number of aromatic nitrogens is 2. The number of anilines is 1. The molecule has 0 spiro atoms. The van der Waals surface area contributed by atoms with Crippen LogP contribution in [0, 0.1) is 17.0 Å². The van der Waals surface area contributed by atoms with E-state index in [1.54, 1.807) is 0 Å². The summed E-state index contributed by atoms with van der Waals surface area (Å²) in [5.41, 5.74) is -3.04. The van der Waals surface area contributed by atoms with E-state index < -0.39 is 46.0 Å². The number of benzene rings is 1. The minimum absolute atomic E-state index is 0.0202. The number of carbonyl (C=O) groups excluding carboxylic acids is 2. The smallest absolute Gasteiger partial charge is 0.418 e. The van der Waals surface area contributed by atoms with Crippen molar-refractivity contribution in [3.05, 3.63) is 61.0 Å². The fourth-order valence-corrected chi connectivity index (χ4v) is 3.92. The Labute approximate surface area is 186 Å². The Kier molecular flexibility index (Phi) is 6.22. The molecule has 3 aromatic rings. The Morgan fingerprint density at radius 1 is 1.33 bits per heavy atom. The third kappa shape index (κ3) is 4.69. The molecule has 174 valence electrons. The molecular formula is C19H15F3N4O6S. The maximum absolute atomic E-state index is 13.3. The molecule has 1 amide bonds. The van der Waals surface area contributed by atoms with Gasteiger partial charge in [0.15, 0.2) is 6.10 Å². The lowest BCUT2D eigenvalue weighted by atomic mass is 10.1. The highest BCUT2D eigenvalue weighted by atomic mass is 32.1. The van der Waals surface area contributed by atoms with Gasteiger partial charge < -0.3 is 14.6 Å². The van der Waals surface area contributed by atoms with Gasteiger partial charge in [-0.05, 0) is 25.5 Å². The molecule has 0 saturated carbocycles. The van der Waals surface area contributed by atoms with Gasteiger partial charge >= 0.3 is 12.1 Å². The van der Waals surface area contributed by atoms with E-state index in [-0.39, 0.29) is 15.8 Å². The average molecular weight is 484 g/mol. The van der Waals surface area contributed by atoms with Crippen LogP contribution in [0.25, 0.3) is 10.2 Å². The number of amides is 1. The first-order chi connectivity index (χ1) is 15.3. The van der Waals surface area contributed by atoms with Crippen LogP contribution in [0.3, 0.4) is 0 Å². The number of halogens is 3. The molecule has 1 atom stereocenters. The Balaban J connectivity index is 1.82. The lowest BCUT2D eigenvalue weighted by molar-refractivity contribution is -0.385. The number of hydrogen-bond donors (Lipinski definition) is 1. The molecule has 1 unspecified atom stereocenters. The lowest BCUT2D eigenvalue weighted by Gasteiger charge is -2.16. The van der Waals surface area contributed by atoms with Crippen LogP contribution in [-0.2, 0) is 22.8 Å². The van der Waals surface area contributed by atoms with Crippen molar-refractivity contribution in [3.8, 4) is 0 Å². The van der Waals surface area contributed by atoms with E-state index in [0.29, 0.717) is 16.5 Å². The van der Waals surface area contributed by atoms with Crippen LogP contribution in [0.5, 0.6) is 0 Å². The first-order valence-electron chi connectivity index (χ1n) is 9.13. The molecule has 1 aromatic carbocycles. The SMILES string of the molecule is Cc1c(C(=O)OC(C)C(=O)Nc2ccc([N+](=O)[O-])cc2C(F)(F)F)sc2ncn(C)c(=O)c12. The molecule has 0 aliphatic heterocycles. The minimum Gasteiger partial charge on any atom is -0.448 e. The molecule has 0 bridgehead atoms. The normalized spacial score (nSPS) is 12.4. The largest absolute Gasteiger partial charge is 0.448 e. The van der Waals surface area contributed by atoms with Crippen LogP contribution in [0.15, 0.2) is 29.3 Å². The van der Waals surface area contributed by atoms with Gasteiger partial charge in [-0.15, -0.1) is 11.3 Å². The van der Waals surface area contributed by atoms with Gasteiger partial charge in [0.2, 0.25) is 0 Å². The van der Waals surface area contributed by atoms with Gasteiger partial charge in [-0.3, -0.25) is 19.7 Å². The van der Waals surface area contributed by atoms with E-state index in [1.165, 1.54) is 24.9 Å². The van der Waals surface area contributed by atoms with Crippen molar-refractivity contribution in [2.45, 2.75) is 26.1 Å². The molecule has 0 fully saturated rings. The summed E-state index contributed by atoms with van der Waals surface area (Å²) < 4.78 is 46.2. The molecule has 10 nitrogen and oxygen atoms in total. The molecule has 14 heteroatoms. The third-order valence-electron chi connectivity index (χ3n) is 4.63. The second-order valence-corrected chi connectivity index (χ2v) is 7.92. The lowest BCUT2D eigenvalue weighted by Crippen LogP contribution is -2.30. The van der Waals surface area contributed by atoms with Crippen molar-refractivity contribution in [3.63, 3.8) is 0 Å². The number of rotatable bonds is 5. The molecule has 0 saturated heterocycles. The maximum Gasteiger partial charge on any atom is 0.418 e. The zero-order valence-corrected chi connectivity index (χ0v) is 18.0. The number of esters is 1. The molecule has 2 aromatic heterocycles. The standard InChI is InChI=1S/C19H15F3N4O6S/c1-8-13-16(23-7-25(3)17(13)28)33-14(8)18(29)32-9(2)15(27)24-12-5-4-10(26(30)31)6-11(12)19(20,21)22/h4-7,9H,1-3H3,(H,24,27). The van der Waals surface area contributed by atoms with Crippen LogP contribution < -0.4 is 10.9 Å². The van der Waals surface area contributed by atoms with Crippen molar-refractivity contribution in [2.24, 2.45) is 7.05 Å². The number of non-ortho nitro benzene ring substituents is 1. The molecule has 0 radical (unpaired) electrons. The van der Waals surface area contributed by atoms with E-state index >= 15 is 0 Å². The van der Waals surface area contributed by atoms with Crippen molar-refractivity contribution in [2.75, 3.05) is 5.32 Å². The molecule has 0 aliphatic rings. The molecule has 3 rings (SSSR count). The number of ether oxygens (including phenoxy) is 1. The number of aryl methyl sites for hydroxylation is 2. The number of nitro benzene ring substituents is 1. The molecule has 2 heterocycles. The minimum atomic E-state index is -4.98. The van der Waals surface area contributed by atoms with Crippen LogP contribution in [0.1, 0.15) is 27.7 Å². The number of nitro groups is 1. The van der Waals surface area contributed by atoms with E-state index in [1.807, 2.05) is 5.32 Å². The second kappa shape index (κ2) is 8.61. The monoisotopic (exact) mass is 484 g/mol.